The van der Waals surface area contributed by atoms with Gasteiger partial charge in [-0.15, -0.1) is 0 Å². The van der Waals surface area contributed by atoms with Crippen LogP contribution in [0.5, 0.6) is 0 Å². The Morgan fingerprint density at radius 1 is 1.21 bits per heavy atom. The molecule has 3 heterocycles. The lowest BCUT2D eigenvalue weighted by Gasteiger charge is -2.13. The van der Waals surface area contributed by atoms with Gasteiger partial charge in [-0.1, -0.05) is 0 Å². The number of carbonyl (C=O) groups is 2. The highest BCUT2D eigenvalue weighted by atomic mass is 16.5. The standard InChI is InChI=1S/C13H12N8O3/c1-6(24-13(23)7-9(14)16-3-2-15-7)12(22)21-11-8-10(18-4-17-8)19-5-20-11/h2-6H,1H3,(H2,14,16)(H2,17,18,19,20,21,22). The van der Waals surface area contributed by atoms with Crippen LogP contribution in [0.25, 0.3) is 11.2 Å². The molecule has 3 rings (SSSR count). The van der Waals surface area contributed by atoms with Gasteiger partial charge >= 0.3 is 5.97 Å². The number of nitrogen functional groups attached to an aromatic ring is 1. The van der Waals surface area contributed by atoms with E-state index in [1.165, 1.54) is 32.0 Å². The molecule has 0 aromatic carbocycles. The maximum absolute atomic E-state index is 12.2. The van der Waals surface area contributed by atoms with Crippen molar-refractivity contribution in [3.63, 3.8) is 0 Å². The Morgan fingerprint density at radius 3 is 2.79 bits per heavy atom. The second kappa shape index (κ2) is 6.24. The van der Waals surface area contributed by atoms with Crippen LogP contribution in [0.2, 0.25) is 0 Å². The summed E-state index contributed by atoms with van der Waals surface area (Å²) in [7, 11) is 0. The monoisotopic (exact) mass is 328 g/mol. The Labute approximate surface area is 134 Å². The third-order valence-corrected chi connectivity index (χ3v) is 3.04. The summed E-state index contributed by atoms with van der Waals surface area (Å²) in [6.07, 6.45) is 4.22. The van der Waals surface area contributed by atoms with Crippen molar-refractivity contribution in [1.29, 1.82) is 0 Å². The fraction of sp³-hybridized carbons (Fsp3) is 0.154. The molecule has 0 spiro atoms. The molecule has 3 aromatic heterocycles. The number of fused-ring (bicyclic) bond motifs is 1. The molecule has 11 nitrogen and oxygen atoms in total. The molecule has 0 aliphatic heterocycles. The molecule has 1 unspecified atom stereocenters. The van der Waals surface area contributed by atoms with E-state index in [-0.39, 0.29) is 17.3 Å². The summed E-state index contributed by atoms with van der Waals surface area (Å²) < 4.78 is 5.04. The largest absolute Gasteiger partial charge is 0.448 e. The predicted molar refractivity (Wildman–Crippen MR) is 81.6 cm³/mol. The van der Waals surface area contributed by atoms with Gasteiger partial charge < -0.3 is 20.8 Å². The highest BCUT2D eigenvalue weighted by Crippen LogP contribution is 2.15. The number of aromatic nitrogens is 6. The van der Waals surface area contributed by atoms with Gasteiger partial charge in [-0.05, 0) is 6.92 Å². The molecular weight excluding hydrogens is 316 g/mol. The van der Waals surface area contributed by atoms with Gasteiger partial charge in [0.15, 0.2) is 29.1 Å². The van der Waals surface area contributed by atoms with Crippen LogP contribution in [0.15, 0.2) is 25.0 Å². The first-order valence-corrected chi connectivity index (χ1v) is 6.78. The number of carbonyl (C=O) groups excluding carboxylic acids is 2. The summed E-state index contributed by atoms with van der Waals surface area (Å²) >= 11 is 0. The summed E-state index contributed by atoms with van der Waals surface area (Å²) in [4.78, 5) is 46.3. The summed E-state index contributed by atoms with van der Waals surface area (Å²) in [6.45, 7) is 1.41. The number of amides is 1. The van der Waals surface area contributed by atoms with Gasteiger partial charge in [-0.2, -0.15) is 0 Å². The Bertz CT molecular complexity index is 909. The number of nitrogens with zero attached hydrogens (tertiary/aromatic N) is 5. The number of aromatic amines is 1. The van der Waals surface area contributed by atoms with Crippen molar-refractivity contribution >= 4 is 34.7 Å². The predicted octanol–water partition coefficient (Wildman–Crippen LogP) is -0.0909. The van der Waals surface area contributed by atoms with Crippen LogP contribution in [-0.2, 0) is 9.53 Å². The fourth-order valence-electron chi connectivity index (χ4n) is 1.85. The van der Waals surface area contributed by atoms with Crippen LogP contribution in [0, 0.1) is 0 Å². The number of nitrogens with one attached hydrogen (secondary N) is 2. The van der Waals surface area contributed by atoms with E-state index < -0.39 is 18.0 Å². The molecule has 0 saturated heterocycles. The minimum Gasteiger partial charge on any atom is -0.448 e. The van der Waals surface area contributed by atoms with E-state index in [0.717, 1.165) is 0 Å². The minimum absolute atomic E-state index is 0.0786. The quantitative estimate of drug-likeness (QED) is 0.555. The molecule has 3 aromatic rings. The number of esters is 1. The van der Waals surface area contributed by atoms with Crippen molar-refractivity contribution < 1.29 is 14.3 Å². The number of anilines is 2. The Hall–Kier alpha value is -3.63. The maximum Gasteiger partial charge on any atom is 0.361 e. The van der Waals surface area contributed by atoms with Crippen LogP contribution in [0.4, 0.5) is 11.6 Å². The summed E-state index contributed by atoms with van der Waals surface area (Å²) in [5.41, 5.74) is 6.25. The average molecular weight is 328 g/mol. The molecule has 1 amide bonds. The SMILES string of the molecule is CC(OC(=O)c1nccnc1N)C(=O)Nc1ncnc2nc[nH]c12. The van der Waals surface area contributed by atoms with Gasteiger partial charge in [-0.3, -0.25) is 4.79 Å². The number of nitrogens with two attached hydrogens (primary N) is 1. The lowest BCUT2D eigenvalue weighted by Crippen LogP contribution is -2.31. The summed E-state index contributed by atoms with van der Waals surface area (Å²) in [5.74, 6) is -1.28. The molecule has 11 heteroatoms. The molecule has 0 bridgehead atoms. The summed E-state index contributed by atoms with van der Waals surface area (Å²) in [6, 6.07) is 0. The number of hydrogen-bond acceptors (Lipinski definition) is 9. The molecule has 24 heavy (non-hydrogen) atoms. The normalized spacial score (nSPS) is 11.9. The van der Waals surface area contributed by atoms with Gasteiger partial charge in [0.05, 0.1) is 6.33 Å². The van der Waals surface area contributed by atoms with E-state index in [4.69, 9.17) is 10.5 Å². The smallest absolute Gasteiger partial charge is 0.361 e. The molecule has 0 fully saturated rings. The van der Waals surface area contributed by atoms with Gasteiger partial charge in [0, 0.05) is 12.4 Å². The molecular formula is C13H12N8O3. The molecule has 0 saturated carbocycles. The Balaban J connectivity index is 1.70. The Kier molecular flexibility index (Phi) is 3.97. The topological polar surface area (TPSA) is 162 Å². The molecule has 4 N–H and O–H groups in total. The second-order valence-electron chi connectivity index (χ2n) is 4.65. The van der Waals surface area contributed by atoms with Gasteiger partial charge in [0.25, 0.3) is 5.91 Å². The molecule has 0 aliphatic rings. The first kappa shape index (κ1) is 15.3. The van der Waals surface area contributed by atoms with Crippen molar-refractivity contribution in [1.82, 2.24) is 29.9 Å². The zero-order valence-corrected chi connectivity index (χ0v) is 12.4. The van der Waals surface area contributed by atoms with Crippen LogP contribution in [0.3, 0.4) is 0 Å². The van der Waals surface area contributed by atoms with E-state index in [1.54, 1.807) is 0 Å². The van der Waals surface area contributed by atoms with E-state index >= 15 is 0 Å². The van der Waals surface area contributed by atoms with E-state index in [0.29, 0.717) is 11.2 Å². The lowest BCUT2D eigenvalue weighted by molar-refractivity contribution is -0.123. The lowest BCUT2D eigenvalue weighted by atomic mass is 10.3. The van der Waals surface area contributed by atoms with Gasteiger partial charge in [-0.25, -0.2) is 29.7 Å². The third-order valence-electron chi connectivity index (χ3n) is 3.04. The van der Waals surface area contributed by atoms with Crippen LogP contribution in [0.1, 0.15) is 17.4 Å². The molecule has 122 valence electrons. The van der Waals surface area contributed by atoms with Crippen molar-refractivity contribution in [3.8, 4) is 0 Å². The van der Waals surface area contributed by atoms with Crippen LogP contribution in [-0.4, -0.2) is 47.9 Å². The Morgan fingerprint density at radius 2 is 2.00 bits per heavy atom. The molecule has 0 aliphatic carbocycles. The number of hydrogen-bond donors (Lipinski definition) is 3. The first-order chi connectivity index (χ1) is 11.6. The summed E-state index contributed by atoms with van der Waals surface area (Å²) in [5, 5.41) is 2.54. The molecule has 1 atom stereocenters. The average Bonchev–Trinajstić information content (AvgIpc) is 3.04. The highest BCUT2D eigenvalue weighted by molar-refractivity contribution is 6.00. The molecule has 0 radical (unpaired) electrons. The zero-order chi connectivity index (χ0) is 17.1. The number of rotatable bonds is 4. The van der Waals surface area contributed by atoms with Crippen LogP contribution < -0.4 is 11.1 Å². The zero-order valence-electron chi connectivity index (χ0n) is 12.4. The first-order valence-electron chi connectivity index (χ1n) is 6.78. The highest BCUT2D eigenvalue weighted by Gasteiger charge is 2.22. The van der Waals surface area contributed by atoms with Crippen molar-refractivity contribution in [2.45, 2.75) is 13.0 Å². The number of H-pyrrole nitrogens is 1. The second-order valence-corrected chi connectivity index (χ2v) is 4.65. The van der Waals surface area contributed by atoms with Crippen molar-refractivity contribution in [2.24, 2.45) is 0 Å². The fourth-order valence-corrected chi connectivity index (χ4v) is 1.85. The minimum atomic E-state index is -1.10. The van der Waals surface area contributed by atoms with E-state index in [1.807, 2.05) is 0 Å². The maximum atomic E-state index is 12.2. The third kappa shape index (κ3) is 2.95. The number of ether oxygens (including phenoxy) is 1. The number of imidazole rings is 1. The van der Waals surface area contributed by atoms with Crippen molar-refractivity contribution in [3.05, 3.63) is 30.7 Å². The van der Waals surface area contributed by atoms with Crippen LogP contribution >= 0.6 is 0 Å². The van der Waals surface area contributed by atoms with Gasteiger partial charge in [0.1, 0.15) is 11.8 Å². The van der Waals surface area contributed by atoms with E-state index in [9.17, 15) is 9.59 Å². The van der Waals surface area contributed by atoms with Crippen molar-refractivity contribution in [2.75, 3.05) is 11.1 Å². The van der Waals surface area contributed by atoms with Gasteiger partial charge in [0.2, 0.25) is 0 Å². The van der Waals surface area contributed by atoms with E-state index in [2.05, 4.69) is 35.2 Å².